The zero-order valence-corrected chi connectivity index (χ0v) is 8.28. The molecule has 0 atom stereocenters. The van der Waals surface area contributed by atoms with Crippen LogP contribution >= 0.6 is 0 Å². The minimum Gasteiger partial charge on any atom is -0.289 e. The third-order valence-electron chi connectivity index (χ3n) is 2.56. The van der Waals surface area contributed by atoms with Gasteiger partial charge in [0.15, 0.2) is 11.6 Å². The number of hydrogen-bond donors (Lipinski definition) is 0. The predicted molar refractivity (Wildman–Crippen MR) is 51.7 cm³/mol. The van der Waals surface area contributed by atoms with Crippen molar-refractivity contribution in [2.24, 2.45) is 4.99 Å². The first kappa shape index (κ1) is 10.2. The molecule has 0 fully saturated rings. The summed E-state index contributed by atoms with van der Waals surface area (Å²) in [6, 6.07) is 0.891. The molecule has 1 heterocycles. The molecule has 2 rings (SSSR count). The summed E-state index contributed by atoms with van der Waals surface area (Å²) in [5, 5.41) is 0. The summed E-state index contributed by atoms with van der Waals surface area (Å²) in [6.45, 7) is 1.86. The van der Waals surface area contributed by atoms with Crippen LogP contribution in [0.15, 0.2) is 11.1 Å². The number of nitrogens with zero attached hydrogens (tertiary/aromatic N) is 1. The first-order valence-electron chi connectivity index (χ1n) is 4.79. The van der Waals surface area contributed by atoms with Crippen LogP contribution in [-0.4, -0.2) is 12.3 Å². The van der Waals surface area contributed by atoms with E-state index >= 15 is 0 Å². The largest absolute Gasteiger partial charge is 0.289 e. The maximum atomic E-state index is 13.6. The van der Waals surface area contributed by atoms with E-state index in [1.54, 1.807) is 0 Å². The molecule has 1 aliphatic rings. The molecule has 0 amide bonds. The quantitative estimate of drug-likeness (QED) is 0.636. The Labute approximate surface area is 85.6 Å². The fourth-order valence-corrected chi connectivity index (χ4v) is 1.70. The molecule has 0 aromatic heterocycles. The minimum absolute atomic E-state index is 0.101. The zero-order valence-electron chi connectivity index (χ0n) is 8.28. The summed E-state index contributed by atoms with van der Waals surface area (Å²) >= 11 is 0. The second-order valence-electron chi connectivity index (χ2n) is 3.59. The molecule has 0 saturated carbocycles. The van der Waals surface area contributed by atoms with E-state index in [2.05, 4.69) is 4.99 Å². The van der Waals surface area contributed by atoms with Crippen LogP contribution in [0.1, 0.15) is 24.0 Å². The van der Waals surface area contributed by atoms with E-state index in [1.165, 1.54) is 6.92 Å². The van der Waals surface area contributed by atoms with E-state index < -0.39 is 17.5 Å². The van der Waals surface area contributed by atoms with Gasteiger partial charge in [0.2, 0.25) is 0 Å². The third kappa shape index (κ3) is 1.64. The lowest BCUT2D eigenvalue weighted by Gasteiger charge is -2.07. The van der Waals surface area contributed by atoms with Crippen molar-refractivity contribution >= 4 is 5.71 Å². The molecule has 4 heteroatoms. The highest BCUT2D eigenvalue weighted by Gasteiger charge is 2.20. The van der Waals surface area contributed by atoms with Crippen LogP contribution in [0, 0.1) is 24.4 Å². The van der Waals surface area contributed by atoms with Gasteiger partial charge in [0.1, 0.15) is 5.82 Å². The lowest BCUT2D eigenvalue weighted by Crippen LogP contribution is -2.06. The monoisotopic (exact) mass is 213 g/mol. The number of hydrogen-bond acceptors (Lipinski definition) is 1. The van der Waals surface area contributed by atoms with Gasteiger partial charge in [0.25, 0.3) is 0 Å². The van der Waals surface area contributed by atoms with E-state index in [9.17, 15) is 13.2 Å². The molecule has 0 saturated heterocycles. The van der Waals surface area contributed by atoms with Gasteiger partial charge in [-0.25, -0.2) is 13.2 Å². The van der Waals surface area contributed by atoms with E-state index in [4.69, 9.17) is 0 Å². The lowest BCUT2D eigenvalue weighted by atomic mass is 10.0. The normalized spacial score (nSPS) is 15.6. The second kappa shape index (κ2) is 3.68. The molecule has 0 bridgehead atoms. The van der Waals surface area contributed by atoms with E-state index in [-0.39, 0.29) is 11.1 Å². The van der Waals surface area contributed by atoms with Crippen molar-refractivity contribution in [2.45, 2.75) is 19.8 Å². The zero-order chi connectivity index (χ0) is 11.0. The average Bonchev–Trinajstić information content (AvgIpc) is 2.73. The van der Waals surface area contributed by atoms with Crippen LogP contribution in [0.4, 0.5) is 13.2 Å². The van der Waals surface area contributed by atoms with Crippen molar-refractivity contribution in [2.75, 3.05) is 6.54 Å². The standard InChI is InChI=1S/C11H10F3N/c1-6-10(13)7(5-8(12)11(6)14)9-3-2-4-15-9/h5H,2-4H2,1H3. The van der Waals surface area contributed by atoms with Crippen LogP contribution < -0.4 is 0 Å². The Kier molecular flexibility index (Phi) is 2.50. The van der Waals surface area contributed by atoms with Gasteiger partial charge < -0.3 is 0 Å². The van der Waals surface area contributed by atoms with Gasteiger partial charge in [0.05, 0.1) is 0 Å². The van der Waals surface area contributed by atoms with Crippen molar-refractivity contribution < 1.29 is 13.2 Å². The average molecular weight is 213 g/mol. The number of benzene rings is 1. The third-order valence-corrected chi connectivity index (χ3v) is 2.56. The fourth-order valence-electron chi connectivity index (χ4n) is 1.70. The predicted octanol–water partition coefficient (Wildman–Crippen LogP) is 3.00. The van der Waals surface area contributed by atoms with Gasteiger partial charge in [-0.1, -0.05) is 0 Å². The smallest absolute Gasteiger partial charge is 0.164 e. The summed E-state index contributed by atoms with van der Waals surface area (Å²) in [5.41, 5.74) is 0.359. The molecule has 80 valence electrons. The summed E-state index contributed by atoms with van der Waals surface area (Å²) in [5.74, 6) is -2.83. The first-order chi connectivity index (χ1) is 7.11. The molecule has 1 aromatic carbocycles. The summed E-state index contributed by atoms with van der Waals surface area (Å²) in [7, 11) is 0. The molecule has 0 radical (unpaired) electrons. The number of aliphatic imine (C=N–C) groups is 1. The molecule has 0 unspecified atom stereocenters. The van der Waals surface area contributed by atoms with E-state index in [0.717, 1.165) is 12.5 Å². The van der Waals surface area contributed by atoms with E-state index in [0.29, 0.717) is 18.7 Å². The molecule has 0 aliphatic carbocycles. The SMILES string of the molecule is Cc1c(F)c(F)cc(C2=NCCC2)c1F. The van der Waals surface area contributed by atoms with Crippen LogP contribution in [0.3, 0.4) is 0 Å². The highest BCUT2D eigenvalue weighted by Crippen LogP contribution is 2.23. The maximum absolute atomic E-state index is 13.6. The van der Waals surface area contributed by atoms with Crippen molar-refractivity contribution in [3.63, 3.8) is 0 Å². The van der Waals surface area contributed by atoms with Crippen LogP contribution in [0.25, 0.3) is 0 Å². The van der Waals surface area contributed by atoms with Gasteiger partial charge >= 0.3 is 0 Å². The Morgan fingerprint density at radius 1 is 1.20 bits per heavy atom. The fraction of sp³-hybridized carbons (Fsp3) is 0.364. The Bertz CT molecular complexity index is 438. The van der Waals surface area contributed by atoms with Crippen molar-refractivity contribution in [1.29, 1.82) is 0 Å². The summed E-state index contributed by atoms with van der Waals surface area (Å²) in [4.78, 5) is 4.07. The first-order valence-corrected chi connectivity index (χ1v) is 4.79. The lowest BCUT2D eigenvalue weighted by molar-refractivity contribution is 0.485. The van der Waals surface area contributed by atoms with Gasteiger partial charge in [0, 0.05) is 23.4 Å². The van der Waals surface area contributed by atoms with Crippen molar-refractivity contribution in [3.8, 4) is 0 Å². The molecule has 0 N–H and O–H groups in total. The van der Waals surface area contributed by atoms with Crippen LogP contribution in [0.5, 0.6) is 0 Å². The highest BCUT2D eigenvalue weighted by molar-refractivity contribution is 6.01. The Morgan fingerprint density at radius 3 is 2.53 bits per heavy atom. The van der Waals surface area contributed by atoms with Gasteiger partial charge in [-0.3, -0.25) is 4.99 Å². The molecule has 0 spiro atoms. The van der Waals surface area contributed by atoms with Gasteiger partial charge in [-0.15, -0.1) is 0 Å². The molecular formula is C11H10F3N. The molecule has 1 nitrogen and oxygen atoms in total. The minimum atomic E-state index is -1.12. The van der Waals surface area contributed by atoms with Gasteiger partial charge in [-0.2, -0.15) is 0 Å². The van der Waals surface area contributed by atoms with Crippen molar-refractivity contribution in [3.05, 3.63) is 34.6 Å². The Morgan fingerprint density at radius 2 is 1.93 bits per heavy atom. The summed E-state index contributed by atoms with van der Waals surface area (Å²) in [6.07, 6.45) is 1.47. The van der Waals surface area contributed by atoms with E-state index in [1.807, 2.05) is 0 Å². The number of rotatable bonds is 1. The maximum Gasteiger partial charge on any atom is 0.164 e. The summed E-state index contributed by atoms with van der Waals surface area (Å²) < 4.78 is 39.7. The second-order valence-corrected chi connectivity index (χ2v) is 3.59. The molecule has 1 aromatic rings. The molecular weight excluding hydrogens is 203 g/mol. The topological polar surface area (TPSA) is 12.4 Å². The Balaban J connectivity index is 2.57. The van der Waals surface area contributed by atoms with Gasteiger partial charge in [-0.05, 0) is 25.8 Å². The van der Waals surface area contributed by atoms with Crippen LogP contribution in [0.2, 0.25) is 0 Å². The van der Waals surface area contributed by atoms with Crippen LogP contribution in [-0.2, 0) is 0 Å². The molecule has 1 aliphatic heterocycles. The Hall–Kier alpha value is -1.32. The van der Waals surface area contributed by atoms with Crippen molar-refractivity contribution in [1.82, 2.24) is 0 Å². The number of halogens is 3. The molecule has 15 heavy (non-hydrogen) atoms. The highest BCUT2D eigenvalue weighted by atomic mass is 19.2.